The zero-order chi connectivity index (χ0) is 17.5. The number of carbonyl (C=O) groups is 1. The van der Waals surface area contributed by atoms with Crippen LogP contribution in [0, 0.1) is 0 Å². The Morgan fingerprint density at radius 2 is 2.04 bits per heavy atom. The Labute approximate surface area is 150 Å². The molecule has 1 aliphatic rings. The number of benzene rings is 1. The summed E-state index contributed by atoms with van der Waals surface area (Å²) in [5, 5.41) is 10.1. The lowest BCUT2D eigenvalue weighted by Gasteiger charge is -2.17. The fraction of sp³-hybridized carbons (Fsp3) is 0.118. The SMILES string of the molecule is O=C(Nc1nc2cc3c(cc2s1)OCCO3)c1cc(-c2ccco2)[nH]n1. The Hall–Kier alpha value is -3.33. The minimum Gasteiger partial charge on any atom is -0.486 e. The first-order chi connectivity index (χ1) is 12.8. The molecular weight excluding hydrogens is 356 g/mol. The number of nitrogens with one attached hydrogen (secondary N) is 2. The predicted octanol–water partition coefficient (Wildman–Crippen LogP) is 3.30. The summed E-state index contributed by atoms with van der Waals surface area (Å²) in [6, 6.07) is 8.88. The van der Waals surface area contributed by atoms with Crippen molar-refractivity contribution in [2.75, 3.05) is 18.5 Å². The molecule has 0 saturated carbocycles. The zero-order valence-corrected chi connectivity index (χ0v) is 14.1. The van der Waals surface area contributed by atoms with Gasteiger partial charge in [0, 0.05) is 18.2 Å². The second kappa shape index (κ2) is 5.88. The number of aromatic nitrogens is 3. The number of rotatable bonds is 3. The number of anilines is 1. The van der Waals surface area contributed by atoms with Crippen LogP contribution in [0.3, 0.4) is 0 Å². The largest absolute Gasteiger partial charge is 0.486 e. The van der Waals surface area contributed by atoms with E-state index in [0.717, 1.165) is 10.2 Å². The van der Waals surface area contributed by atoms with E-state index in [1.54, 1.807) is 24.5 Å². The third kappa shape index (κ3) is 2.58. The standard InChI is InChI=1S/C17H12N4O4S/c22-16(11-6-9(20-21-11)12-2-1-3-23-12)19-17-18-10-7-13-14(8-15(10)26-17)25-5-4-24-13/h1-3,6-8H,4-5H2,(H,20,21)(H,18,19,22). The molecule has 26 heavy (non-hydrogen) atoms. The van der Waals surface area contributed by atoms with Crippen molar-refractivity contribution in [3.05, 3.63) is 42.3 Å². The second-order valence-corrected chi connectivity index (χ2v) is 6.61. The number of H-pyrrole nitrogens is 1. The summed E-state index contributed by atoms with van der Waals surface area (Å²) in [4.78, 5) is 16.9. The van der Waals surface area contributed by atoms with E-state index in [1.807, 2.05) is 12.1 Å². The minimum absolute atomic E-state index is 0.251. The highest BCUT2D eigenvalue weighted by molar-refractivity contribution is 7.22. The number of furan rings is 1. The maximum Gasteiger partial charge on any atom is 0.277 e. The van der Waals surface area contributed by atoms with E-state index in [-0.39, 0.29) is 11.6 Å². The maximum absolute atomic E-state index is 12.4. The van der Waals surface area contributed by atoms with Crippen LogP contribution in [0.4, 0.5) is 5.13 Å². The van der Waals surface area contributed by atoms with Crippen molar-refractivity contribution < 1.29 is 18.7 Å². The molecule has 0 saturated heterocycles. The van der Waals surface area contributed by atoms with E-state index < -0.39 is 0 Å². The third-order valence-corrected chi connectivity index (χ3v) is 4.80. The molecule has 130 valence electrons. The van der Waals surface area contributed by atoms with Gasteiger partial charge in [-0.3, -0.25) is 15.2 Å². The summed E-state index contributed by atoms with van der Waals surface area (Å²) in [7, 11) is 0. The lowest BCUT2D eigenvalue weighted by Crippen LogP contribution is -2.15. The van der Waals surface area contributed by atoms with Crippen molar-refractivity contribution in [2.24, 2.45) is 0 Å². The monoisotopic (exact) mass is 368 g/mol. The summed E-state index contributed by atoms with van der Waals surface area (Å²) in [6.45, 7) is 1.04. The molecule has 0 unspecified atom stereocenters. The highest BCUT2D eigenvalue weighted by Crippen LogP contribution is 2.37. The van der Waals surface area contributed by atoms with Gasteiger partial charge in [0.05, 0.1) is 16.5 Å². The topological polar surface area (TPSA) is 102 Å². The molecule has 0 fully saturated rings. The van der Waals surface area contributed by atoms with Gasteiger partial charge in [-0.05, 0) is 12.1 Å². The molecule has 5 rings (SSSR count). The summed E-state index contributed by atoms with van der Waals surface area (Å²) in [5.74, 6) is 1.63. The van der Waals surface area contributed by atoms with Gasteiger partial charge in [0.25, 0.3) is 5.91 Å². The van der Waals surface area contributed by atoms with Gasteiger partial charge in [-0.15, -0.1) is 0 Å². The van der Waals surface area contributed by atoms with Gasteiger partial charge in [-0.1, -0.05) is 11.3 Å². The van der Waals surface area contributed by atoms with Crippen molar-refractivity contribution in [3.8, 4) is 23.0 Å². The Bertz CT molecular complexity index is 1060. The lowest BCUT2D eigenvalue weighted by atomic mass is 10.3. The molecule has 1 aromatic carbocycles. The predicted molar refractivity (Wildman–Crippen MR) is 94.9 cm³/mol. The van der Waals surface area contributed by atoms with Crippen LogP contribution < -0.4 is 14.8 Å². The molecule has 0 spiro atoms. The number of thiazole rings is 1. The van der Waals surface area contributed by atoms with E-state index >= 15 is 0 Å². The highest BCUT2D eigenvalue weighted by Gasteiger charge is 2.18. The Morgan fingerprint density at radius 1 is 1.19 bits per heavy atom. The Kier molecular flexibility index (Phi) is 3.39. The lowest BCUT2D eigenvalue weighted by molar-refractivity contribution is 0.102. The van der Waals surface area contributed by atoms with Gasteiger partial charge < -0.3 is 13.9 Å². The Morgan fingerprint density at radius 3 is 2.85 bits per heavy atom. The van der Waals surface area contributed by atoms with Gasteiger partial charge in [-0.25, -0.2) is 4.98 Å². The first-order valence-electron chi connectivity index (χ1n) is 7.87. The summed E-state index contributed by atoms with van der Waals surface area (Å²) in [5.41, 5.74) is 1.63. The number of hydrogen-bond donors (Lipinski definition) is 2. The van der Waals surface area contributed by atoms with Crippen molar-refractivity contribution in [1.82, 2.24) is 15.2 Å². The fourth-order valence-electron chi connectivity index (χ4n) is 2.68. The van der Waals surface area contributed by atoms with Crippen molar-refractivity contribution >= 4 is 32.6 Å². The average Bonchev–Trinajstić information content (AvgIpc) is 3.38. The van der Waals surface area contributed by atoms with Crippen LogP contribution in [0.25, 0.3) is 21.7 Å². The van der Waals surface area contributed by atoms with Crippen molar-refractivity contribution in [1.29, 1.82) is 0 Å². The summed E-state index contributed by atoms with van der Waals surface area (Å²) < 4.78 is 17.3. The van der Waals surface area contributed by atoms with Crippen LogP contribution in [0.2, 0.25) is 0 Å². The smallest absolute Gasteiger partial charge is 0.277 e. The van der Waals surface area contributed by atoms with Crippen LogP contribution in [0.1, 0.15) is 10.5 Å². The Balaban J connectivity index is 1.39. The maximum atomic E-state index is 12.4. The van der Waals surface area contributed by atoms with Gasteiger partial charge >= 0.3 is 0 Å². The number of carbonyl (C=O) groups excluding carboxylic acids is 1. The molecule has 9 heteroatoms. The van der Waals surface area contributed by atoms with Crippen LogP contribution >= 0.6 is 11.3 Å². The van der Waals surface area contributed by atoms with Crippen LogP contribution in [0.5, 0.6) is 11.5 Å². The normalized spacial score (nSPS) is 13.1. The zero-order valence-electron chi connectivity index (χ0n) is 13.3. The molecule has 1 aliphatic heterocycles. The molecule has 8 nitrogen and oxygen atoms in total. The quantitative estimate of drug-likeness (QED) is 0.575. The third-order valence-electron chi connectivity index (χ3n) is 3.87. The molecule has 2 N–H and O–H groups in total. The van der Waals surface area contributed by atoms with Crippen molar-refractivity contribution in [3.63, 3.8) is 0 Å². The highest BCUT2D eigenvalue weighted by atomic mass is 32.1. The number of fused-ring (bicyclic) bond motifs is 2. The minimum atomic E-state index is -0.352. The van der Waals surface area contributed by atoms with E-state index in [9.17, 15) is 4.79 Å². The van der Waals surface area contributed by atoms with E-state index in [0.29, 0.717) is 41.3 Å². The van der Waals surface area contributed by atoms with E-state index in [4.69, 9.17) is 13.9 Å². The summed E-state index contributed by atoms with van der Waals surface area (Å²) >= 11 is 1.36. The van der Waals surface area contributed by atoms with Crippen LogP contribution in [-0.4, -0.2) is 34.3 Å². The van der Waals surface area contributed by atoms with E-state index in [2.05, 4.69) is 20.5 Å². The first-order valence-corrected chi connectivity index (χ1v) is 8.69. The molecule has 0 aliphatic carbocycles. The molecule has 1 amide bonds. The van der Waals surface area contributed by atoms with E-state index in [1.165, 1.54) is 11.3 Å². The number of ether oxygens (including phenoxy) is 2. The van der Waals surface area contributed by atoms with Gasteiger partial charge in [0.2, 0.25) is 0 Å². The molecule has 0 atom stereocenters. The number of hydrogen-bond acceptors (Lipinski definition) is 7. The van der Waals surface area contributed by atoms with Crippen LogP contribution in [0.15, 0.2) is 41.0 Å². The summed E-state index contributed by atoms with van der Waals surface area (Å²) in [6.07, 6.45) is 1.56. The van der Waals surface area contributed by atoms with Crippen LogP contribution in [-0.2, 0) is 0 Å². The number of amides is 1. The molecule has 4 heterocycles. The van der Waals surface area contributed by atoms with Gasteiger partial charge in [-0.2, -0.15) is 5.10 Å². The van der Waals surface area contributed by atoms with Crippen molar-refractivity contribution in [2.45, 2.75) is 0 Å². The molecule has 0 radical (unpaired) electrons. The van der Waals surface area contributed by atoms with Gasteiger partial charge in [0.1, 0.15) is 18.9 Å². The fourth-order valence-corrected chi connectivity index (χ4v) is 3.55. The first kappa shape index (κ1) is 15.0. The second-order valence-electron chi connectivity index (χ2n) is 5.58. The molecule has 0 bridgehead atoms. The van der Waals surface area contributed by atoms with Gasteiger partial charge in [0.15, 0.2) is 28.1 Å². The molecule has 3 aromatic heterocycles. The number of aromatic amines is 1. The molecular formula is C17H12N4O4S. The number of nitrogens with zero attached hydrogens (tertiary/aromatic N) is 2. The molecule has 4 aromatic rings. The average molecular weight is 368 g/mol.